The highest BCUT2D eigenvalue weighted by atomic mass is 79.9. The molecule has 1 N–H and O–H groups in total. The Morgan fingerprint density at radius 1 is 1.43 bits per heavy atom. The van der Waals surface area contributed by atoms with Gasteiger partial charge in [0.2, 0.25) is 0 Å². The minimum atomic E-state index is -0.920. The van der Waals surface area contributed by atoms with Crippen LogP contribution in [0.1, 0.15) is 11.1 Å². The van der Waals surface area contributed by atoms with Crippen molar-refractivity contribution in [3.8, 4) is 0 Å². The van der Waals surface area contributed by atoms with Crippen LogP contribution >= 0.6 is 39.1 Å². The summed E-state index contributed by atoms with van der Waals surface area (Å²) >= 11 is 15.0. The van der Waals surface area contributed by atoms with Gasteiger partial charge in [0.1, 0.15) is 0 Å². The Labute approximate surface area is 100.0 Å². The van der Waals surface area contributed by atoms with E-state index in [0.717, 1.165) is 5.56 Å². The number of hydrogen-bond donors (Lipinski definition) is 1. The van der Waals surface area contributed by atoms with Gasteiger partial charge in [0.15, 0.2) is 0 Å². The molecule has 0 atom stereocenters. The number of rotatable bonds is 3. The SMILES string of the molecule is O=C(O)Cc1c(CBr)ccc(Cl)c1Cl. The molecule has 0 radical (unpaired) electrons. The van der Waals surface area contributed by atoms with Crippen molar-refractivity contribution in [2.45, 2.75) is 11.8 Å². The lowest BCUT2D eigenvalue weighted by molar-refractivity contribution is -0.136. The summed E-state index contributed by atoms with van der Waals surface area (Å²) in [4.78, 5) is 10.6. The fraction of sp³-hybridized carbons (Fsp3) is 0.222. The third-order valence-corrected chi connectivity index (χ3v) is 3.21. The Morgan fingerprint density at radius 3 is 2.57 bits per heavy atom. The van der Waals surface area contributed by atoms with E-state index in [9.17, 15) is 4.79 Å². The first-order valence-corrected chi connectivity index (χ1v) is 5.67. The van der Waals surface area contributed by atoms with Crippen LogP contribution < -0.4 is 0 Å². The number of hydrogen-bond acceptors (Lipinski definition) is 1. The zero-order chi connectivity index (χ0) is 10.7. The number of aliphatic carboxylic acids is 1. The number of benzene rings is 1. The minimum absolute atomic E-state index is 0.111. The van der Waals surface area contributed by atoms with Gasteiger partial charge < -0.3 is 5.11 Å². The van der Waals surface area contributed by atoms with Crippen LogP contribution in [0, 0.1) is 0 Å². The van der Waals surface area contributed by atoms with Crippen molar-refractivity contribution >= 4 is 45.1 Å². The van der Waals surface area contributed by atoms with Crippen LogP contribution in [0.2, 0.25) is 10.0 Å². The van der Waals surface area contributed by atoms with E-state index in [4.69, 9.17) is 28.3 Å². The average Bonchev–Trinajstić information content (AvgIpc) is 2.13. The average molecular weight is 298 g/mol. The molecule has 0 amide bonds. The molecule has 0 spiro atoms. The Hall–Kier alpha value is -0.250. The normalized spacial score (nSPS) is 10.2. The predicted molar refractivity (Wildman–Crippen MR) is 60.4 cm³/mol. The van der Waals surface area contributed by atoms with Crippen LogP contribution in [-0.4, -0.2) is 11.1 Å². The summed E-state index contributed by atoms with van der Waals surface area (Å²) < 4.78 is 0. The molecule has 76 valence electrons. The number of carboxylic acids is 1. The Morgan fingerprint density at radius 2 is 2.07 bits per heavy atom. The third-order valence-electron chi connectivity index (χ3n) is 1.77. The highest BCUT2D eigenvalue weighted by molar-refractivity contribution is 9.08. The number of carbonyl (C=O) groups is 1. The molecule has 0 unspecified atom stereocenters. The van der Waals surface area contributed by atoms with E-state index in [0.29, 0.717) is 20.9 Å². The fourth-order valence-corrected chi connectivity index (χ4v) is 2.05. The quantitative estimate of drug-likeness (QED) is 0.867. The highest BCUT2D eigenvalue weighted by Crippen LogP contribution is 2.30. The van der Waals surface area contributed by atoms with Crippen molar-refractivity contribution in [2.24, 2.45) is 0 Å². The molecule has 1 aromatic carbocycles. The highest BCUT2D eigenvalue weighted by Gasteiger charge is 2.12. The minimum Gasteiger partial charge on any atom is -0.481 e. The molecule has 0 aliphatic carbocycles. The largest absolute Gasteiger partial charge is 0.481 e. The number of alkyl halides is 1. The summed E-state index contributed by atoms with van der Waals surface area (Å²) in [6, 6.07) is 3.42. The first-order chi connectivity index (χ1) is 6.56. The second-order valence-electron chi connectivity index (χ2n) is 2.70. The zero-order valence-electron chi connectivity index (χ0n) is 7.06. The monoisotopic (exact) mass is 296 g/mol. The van der Waals surface area contributed by atoms with Crippen molar-refractivity contribution < 1.29 is 9.90 Å². The molecular formula is C9H7BrCl2O2. The van der Waals surface area contributed by atoms with Gasteiger partial charge >= 0.3 is 5.97 Å². The summed E-state index contributed by atoms with van der Waals surface area (Å²) in [5, 5.41) is 9.95. The van der Waals surface area contributed by atoms with Crippen LogP contribution in [0.25, 0.3) is 0 Å². The van der Waals surface area contributed by atoms with Gasteiger partial charge in [-0.1, -0.05) is 45.2 Å². The standard InChI is InChI=1S/C9H7BrCl2O2/c10-4-5-1-2-7(11)9(12)6(5)3-8(13)14/h1-2H,3-4H2,(H,13,14). The molecule has 0 saturated heterocycles. The number of halogens is 3. The maximum atomic E-state index is 10.6. The van der Waals surface area contributed by atoms with E-state index < -0.39 is 5.97 Å². The molecule has 0 aliphatic rings. The van der Waals surface area contributed by atoms with Crippen molar-refractivity contribution in [3.05, 3.63) is 33.3 Å². The summed E-state index contributed by atoms with van der Waals surface area (Å²) in [5.41, 5.74) is 1.42. The maximum absolute atomic E-state index is 10.6. The first-order valence-electron chi connectivity index (χ1n) is 3.79. The maximum Gasteiger partial charge on any atom is 0.307 e. The molecule has 0 heterocycles. The first kappa shape index (κ1) is 11.8. The van der Waals surface area contributed by atoms with Crippen LogP contribution in [0.3, 0.4) is 0 Å². The van der Waals surface area contributed by atoms with Crippen LogP contribution in [-0.2, 0) is 16.5 Å². The van der Waals surface area contributed by atoms with Gasteiger partial charge in [0, 0.05) is 5.33 Å². The van der Waals surface area contributed by atoms with E-state index in [1.165, 1.54) is 0 Å². The van der Waals surface area contributed by atoms with Gasteiger partial charge in [0.05, 0.1) is 16.5 Å². The molecule has 0 fully saturated rings. The Balaban J connectivity index is 3.20. The molecule has 0 aromatic heterocycles. The lowest BCUT2D eigenvalue weighted by Crippen LogP contribution is -2.04. The van der Waals surface area contributed by atoms with Gasteiger partial charge in [0.25, 0.3) is 0 Å². The lowest BCUT2D eigenvalue weighted by atomic mass is 10.1. The summed E-state index contributed by atoms with van der Waals surface area (Å²) in [7, 11) is 0. The molecule has 0 aliphatic heterocycles. The second-order valence-corrected chi connectivity index (χ2v) is 4.05. The summed E-state index contributed by atoms with van der Waals surface area (Å²) in [5.74, 6) is -0.920. The van der Waals surface area contributed by atoms with Crippen LogP contribution in [0.5, 0.6) is 0 Å². The fourth-order valence-electron chi connectivity index (χ4n) is 1.10. The number of carboxylic acid groups (broad SMARTS) is 1. The Bertz CT molecular complexity index is 366. The van der Waals surface area contributed by atoms with Gasteiger partial charge in [-0.2, -0.15) is 0 Å². The van der Waals surface area contributed by atoms with E-state index in [1.54, 1.807) is 12.1 Å². The molecule has 14 heavy (non-hydrogen) atoms. The topological polar surface area (TPSA) is 37.3 Å². The van der Waals surface area contributed by atoms with Crippen molar-refractivity contribution in [1.29, 1.82) is 0 Å². The lowest BCUT2D eigenvalue weighted by Gasteiger charge is -2.08. The molecule has 5 heteroatoms. The van der Waals surface area contributed by atoms with Gasteiger partial charge in [-0.05, 0) is 17.2 Å². The van der Waals surface area contributed by atoms with Gasteiger partial charge in [-0.15, -0.1) is 0 Å². The van der Waals surface area contributed by atoms with E-state index in [2.05, 4.69) is 15.9 Å². The zero-order valence-corrected chi connectivity index (χ0v) is 10.2. The Kier molecular flexibility index (Phi) is 4.23. The molecule has 1 aromatic rings. The van der Waals surface area contributed by atoms with Gasteiger partial charge in [-0.25, -0.2) is 0 Å². The third kappa shape index (κ3) is 2.62. The summed E-state index contributed by atoms with van der Waals surface area (Å²) in [6.45, 7) is 0. The molecule has 0 saturated carbocycles. The molecular weight excluding hydrogens is 291 g/mol. The molecule has 2 nitrogen and oxygen atoms in total. The van der Waals surface area contributed by atoms with E-state index in [1.807, 2.05) is 0 Å². The van der Waals surface area contributed by atoms with Crippen molar-refractivity contribution in [1.82, 2.24) is 0 Å². The molecule has 0 bridgehead atoms. The van der Waals surface area contributed by atoms with E-state index >= 15 is 0 Å². The second kappa shape index (κ2) is 5.01. The smallest absolute Gasteiger partial charge is 0.307 e. The summed E-state index contributed by atoms with van der Waals surface area (Å²) in [6.07, 6.45) is -0.111. The van der Waals surface area contributed by atoms with Crippen LogP contribution in [0.4, 0.5) is 0 Å². The van der Waals surface area contributed by atoms with Crippen molar-refractivity contribution in [3.63, 3.8) is 0 Å². The van der Waals surface area contributed by atoms with Crippen LogP contribution in [0.15, 0.2) is 12.1 Å². The van der Waals surface area contributed by atoms with E-state index in [-0.39, 0.29) is 6.42 Å². The van der Waals surface area contributed by atoms with Crippen molar-refractivity contribution in [2.75, 3.05) is 0 Å². The molecule has 1 rings (SSSR count). The van der Waals surface area contributed by atoms with Gasteiger partial charge in [-0.3, -0.25) is 4.79 Å². The predicted octanol–water partition coefficient (Wildman–Crippen LogP) is 3.52.